The lowest BCUT2D eigenvalue weighted by Gasteiger charge is -2.33. The lowest BCUT2D eigenvalue weighted by atomic mass is 9.94. The van der Waals surface area contributed by atoms with Crippen LogP contribution in [0.3, 0.4) is 0 Å². The van der Waals surface area contributed by atoms with E-state index in [2.05, 4.69) is 4.72 Å². The van der Waals surface area contributed by atoms with E-state index in [4.69, 9.17) is 0 Å². The highest BCUT2D eigenvalue weighted by Gasteiger charge is 2.23. The number of nitrogens with one attached hydrogen (secondary N) is 1. The first kappa shape index (κ1) is 18.9. The van der Waals surface area contributed by atoms with E-state index in [0.29, 0.717) is 6.54 Å². The lowest BCUT2D eigenvalue weighted by Crippen LogP contribution is -2.44. The van der Waals surface area contributed by atoms with Crippen LogP contribution in [0.4, 0.5) is 4.39 Å². The molecule has 1 aliphatic rings. The number of carbonyl (C=O) groups is 1. The molecule has 0 spiro atoms. The second-order valence-corrected chi connectivity index (χ2v) is 8.08. The van der Waals surface area contributed by atoms with Crippen molar-refractivity contribution < 1.29 is 17.6 Å². The van der Waals surface area contributed by atoms with Crippen LogP contribution in [0.1, 0.15) is 44.6 Å². The molecule has 5 nitrogen and oxygen atoms in total. The Kier molecular flexibility index (Phi) is 6.34. The van der Waals surface area contributed by atoms with Gasteiger partial charge < -0.3 is 4.90 Å². The maximum Gasteiger partial charge on any atom is 0.240 e. The number of aryl methyl sites for hydroxylation is 1. The van der Waals surface area contributed by atoms with Crippen molar-refractivity contribution in [3.05, 3.63) is 29.6 Å². The third-order valence-corrected chi connectivity index (χ3v) is 5.96. The quantitative estimate of drug-likeness (QED) is 0.852. The number of halogens is 1. The van der Waals surface area contributed by atoms with E-state index in [1.54, 1.807) is 4.90 Å². The van der Waals surface area contributed by atoms with Crippen molar-refractivity contribution in [2.24, 2.45) is 0 Å². The Balaban J connectivity index is 1.97. The summed E-state index contributed by atoms with van der Waals surface area (Å²) in [6.07, 6.45) is 5.36. The van der Waals surface area contributed by atoms with Gasteiger partial charge in [-0.15, -0.1) is 0 Å². The van der Waals surface area contributed by atoms with Gasteiger partial charge in [-0.25, -0.2) is 17.5 Å². The number of sulfonamides is 1. The van der Waals surface area contributed by atoms with Crippen molar-refractivity contribution >= 4 is 15.9 Å². The summed E-state index contributed by atoms with van der Waals surface area (Å²) in [4.78, 5) is 13.7. The van der Waals surface area contributed by atoms with Crippen LogP contribution in [0.25, 0.3) is 0 Å². The Bertz CT molecular complexity index is 685. The zero-order chi connectivity index (χ0) is 17.7. The Labute approximate surface area is 143 Å². The van der Waals surface area contributed by atoms with E-state index in [-0.39, 0.29) is 29.0 Å². The Morgan fingerprint density at radius 3 is 2.54 bits per heavy atom. The van der Waals surface area contributed by atoms with Crippen LogP contribution in [-0.4, -0.2) is 38.4 Å². The van der Waals surface area contributed by atoms with Gasteiger partial charge in [-0.3, -0.25) is 4.79 Å². The standard InChI is InChI=1S/C17H25FN2O3S/c1-13-12-16(8-9-17(13)18)24(22,23)19-10-11-20(14(2)21)15-6-4-3-5-7-15/h8-9,12,15,19H,3-7,10-11H2,1-2H3. The molecule has 1 N–H and O–H groups in total. The van der Waals surface area contributed by atoms with E-state index in [9.17, 15) is 17.6 Å². The molecule has 24 heavy (non-hydrogen) atoms. The molecule has 0 aromatic heterocycles. The lowest BCUT2D eigenvalue weighted by molar-refractivity contribution is -0.131. The molecule has 0 unspecified atom stereocenters. The fraction of sp³-hybridized carbons (Fsp3) is 0.588. The normalized spacial score (nSPS) is 16.1. The number of carbonyl (C=O) groups excluding carboxylic acids is 1. The van der Waals surface area contributed by atoms with Crippen molar-refractivity contribution in [3.63, 3.8) is 0 Å². The maximum atomic E-state index is 13.3. The molecule has 0 bridgehead atoms. The highest BCUT2D eigenvalue weighted by atomic mass is 32.2. The molecule has 0 heterocycles. The molecule has 2 rings (SSSR count). The van der Waals surface area contributed by atoms with E-state index in [1.807, 2.05) is 0 Å². The number of nitrogens with zero attached hydrogens (tertiary/aromatic N) is 1. The first-order chi connectivity index (χ1) is 11.3. The monoisotopic (exact) mass is 356 g/mol. The summed E-state index contributed by atoms with van der Waals surface area (Å²) < 4.78 is 40.4. The predicted octanol–water partition coefficient (Wildman–Crippen LogP) is 2.59. The van der Waals surface area contributed by atoms with E-state index in [0.717, 1.165) is 31.7 Å². The highest BCUT2D eigenvalue weighted by Crippen LogP contribution is 2.22. The molecule has 1 amide bonds. The van der Waals surface area contributed by atoms with Crippen molar-refractivity contribution in [2.75, 3.05) is 13.1 Å². The zero-order valence-electron chi connectivity index (χ0n) is 14.2. The van der Waals surface area contributed by atoms with Crippen LogP contribution in [-0.2, 0) is 14.8 Å². The average Bonchev–Trinajstić information content (AvgIpc) is 2.54. The highest BCUT2D eigenvalue weighted by molar-refractivity contribution is 7.89. The van der Waals surface area contributed by atoms with Crippen molar-refractivity contribution in [2.45, 2.75) is 56.9 Å². The van der Waals surface area contributed by atoms with Crippen LogP contribution in [0, 0.1) is 12.7 Å². The summed E-state index contributed by atoms with van der Waals surface area (Å²) in [5.74, 6) is -0.465. The number of hydrogen-bond acceptors (Lipinski definition) is 3. The average molecular weight is 356 g/mol. The zero-order valence-corrected chi connectivity index (χ0v) is 15.0. The van der Waals surface area contributed by atoms with Gasteiger partial charge in [0, 0.05) is 26.1 Å². The molecule has 134 valence electrons. The van der Waals surface area contributed by atoms with Gasteiger partial charge in [0.15, 0.2) is 0 Å². The van der Waals surface area contributed by atoms with E-state index < -0.39 is 15.8 Å². The van der Waals surface area contributed by atoms with Gasteiger partial charge in [-0.05, 0) is 43.5 Å². The first-order valence-corrected chi connectivity index (χ1v) is 9.82. The molecule has 1 aromatic rings. The fourth-order valence-corrected chi connectivity index (χ4v) is 4.26. The molecule has 0 radical (unpaired) electrons. The molecule has 0 saturated heterocycles. The summed E-state index contributed by atoms with van der Waals surface area (Å²) in [5, 5.41) is 0. The second kappa shape index (κ2) is 8.07. The topological polar surface area (TPSA) is 66.5 Å². The van der Waals surface area contributed by atoms with Gasteiger partial charge in [-0.2, -0.15) is 0 Å². The molecular weight excluding hydrogens is 331 g/mol. The molecule has 1 fully saturated rings. The van der Waals surface area contributed by atoms with Gasteiger partial charge in [0.2, 0.25) is 15.9 Å². The predicted molar refractivity (Wildman–Crippen MR) is 90.6 cm³/mol. The molecular formula is C17H25FN2O3S. The Morgan fingerprint density at radius 1 is 1.29 bits per heavy atom. The third kappa shape index (κ3) is 4.77. The second-order valence-electron chi connectivity index (χ2n) is 6.31. The van der Waals surface area contributed by atoms with Crippen molar-refractivity contribution in [3.8, 4) is 0 Å². The fourth-order valence-electron chi connectivity index (χ4n) is 3.16. The molecule has 0 aliphatic heterocycles. The van der Waals surface area contributed by atoms with Gasteiger partial charge in [0.1, 0.15) is 5.82 Å². The SMILES string of the molecule is CC(=O)N(CCNS(=O)(=O)c1ccc(F)c(C)c1)C1CCCCC1. The number of amides is 1. The van der Waals surface area contributed by atoms with Gasteiger partial charge in [-0.1, -0.05) is 19.3 Å². The molecule has 0 atom stereocenters. The summed E-state index contributed by atoms with van der Waals surface area (Å²) >= 11 is 0. The van der Waals surface area contributed by atoms with Gasteiger partial charge in [0.05, 0.1) is 4.90 Å². The summed E-state index contributed by atoms with van der Waals surface area (Å²) in [6, 6.07) is 3.90. The van der Waals surface area contributed by atoms with Crippen molar-refractivity contribution in [1.82, 2.24) is 9.62 Å². The smallest absolute Gasteiger partial charge is 0.240 e. The minimum atomic E-state index is -3.71. The van der Waals surface area contributed by atoms with Gasteiger partial charge in [0.25, 0.3) is 0 Å². The van der Waals surface area contributed by atoms with Crippen LogP contribution in [0.5, 0.6) is 0 Å². The Morgan fingerprint density at radius 2 is 1.96 bits per heavy atom. The van der Waals surface area contributed by atoms with Crippen LogP contribution >= 0.6 is 0 Å². The largest absolute Gasteiger partial charge is 0.339 e. The van der Waals surface area contributed by atoms with Gasteiger partial charge >= 0.3 is 0 Å². The van der Waals surface area contributed by atoms with Crippen LogP contribution in [0.2, 0.25) is 0 Å². The number of rotatable bonds is 6. The summed E-state index contributed by atoms with van der Waals surface area (Å²) in [7, 11) is -3.71. The van der Waals surface area contributed by atoms with Crippen LogP contribution < -0.4 is 4.72 Å². The summed E-state index contributed by atoms with van der Waals surface area (Å²) in [6.45, 7) is 3.54. The summed E-state index contributed by atoms with van der Waals surface area (Å²) in [5.41, 5.74) is 0.283. The van der Waals surface area contributed by atoms with E-state index in [1.165, 1.54) is 32.4 Å². The molecule has 1 saturated carbocycles. The van der Waals surface area contributed by atoms with E-state index >= 15 is 0 Å². The third-order valence-electron chi connectivity index (χ3n) is 4.50. The molecule has 1 aliphatic carbocycles. The van der Waals surface area contributed by atoms with Crippen LogP contribution in [0.15, 0.2) is 23.1 Å². The number of hydrogen-bond donors (Lipinski definition) is 1. The molecule has 1 aromatic carbocycles. The molecule has 7 heteroatoms. The Hall–Kier alpha value is -1.47. The minimum Gasteiger partial charge on any atom is -0.339 e. The maximum absolute atomic E-state index is 13.3. The first-order valence-electron chi connectivity index (χ1n) is 8.34. The minimum absolute atomic E-state index is 0.0290. The van der Waals surface area contributed by atoms with Crippen molar-refractivity contribution in [1.29, 1.82) is 0 Å². The number of benzene rings is 1.